The molecule has 0 bridgehead atoms. The van der Waals surface area contributed by atoms with Crippen LogP contribution in [0.15, 0.2) is 5.16 Å². The third kappa shape index (κ3) is 4.71. The van der Waals surface area contributed by atoms with Crippen molar-refractivity contribution >= 4 is 29.6 Å². The summed E-state index contributed by atoms with van der Waals surface area (Å²) in [5, 5.41) is 0.464. The van der Waals surface area contributed by atoms with Gasteiger partial charge in [0.05, 0.1) is 12.4 Å². The van der Waals surface area contributed by atoms with Crippen LogP contribution in [0.4, 0.5) is 11.9 Å². The van der Waals surface area contributed by atoms with E-state index in [-0.39, 0.29) is 11.7 Å². The van der Waals surface area contributed by atoms with Crippen molar-refractivity contribution in [2.75, 3.05) is 35.8 Å². The monoisotopic (exact) mass is 312 g/mol. The van der Waals surface area contributed by atoms with E-state index >= 15 is 0 Å². The van der Waals surface area contributed by atoms with Crippen molar-refractivity contribution in [3.05, 3.63) is 0 Å². The minimum atomic E-state index is -0.287. The van der Waals surface area contributed by atoms with Gasteiger partial charge in [-0.15, -0.1) is 0 Å². The maximum absolute atomic E-state index is 11.4. The Bertz CT molecular complexity index is 481. The molecule has 1 fully saturated rings. The zero-order chi connectivity index (χ0) is 15.1. The number of hydrogen-bond acceptors (Lipinski definition) is 9. The zero-order valence-corrected chi connectivity index (χ0v) is 12.9. The highest BCUT2D eigenvalue weighted by molar-refractivity contribution is 7.99. The Morgan fingerprint density at radius 3 is 2.76 bits per heavy atom. The molecule has 1 aromatic rings. The number of nitrogens with two attached hydrogens (primary N) is 1. The van der Waals surface area contributed by atoms with E-state index in [1.807, 2.05) is 0 Å². The molecule has 1 aliphatic rings. The molecule has 1 aliphatic heterocycles. The molecule has 116 valence electrons. The number of piperidine rings is 1. The van der Waals surface area contributed by atoms with E-state index < -0.39 is 0 Å². The van der Waals surface area contributed by atoms with Gasteiger partial charge in [0.2, 0.25) is 11.9 Å². The minimum absolute atomic E-state index is 0.168. The summed E-state index contributed by atoms with van der Waals surface area (Å²) < 4.78 is 4.89. The first-order valence-corrected chi connectivity index (χ1v) is 7.97. The number of nitrogens with one attached hydrogen (secondary N) is 1. The van der Waals surface area contributed by atoms with E-state index in [0.29, 0.717) is 23.7 Å². The van der Waals surface area contributed by atoms with Gasteiger partial charge in [0.15, 0.2) is 5.16 Å². The van der Waals surface area contributed by atoms with E-state index in [4.69, 9.17) is 10.6 Å². The van der Waals surface area contributed by atoms with E-state index in [1.165, 1.54) is 18.2 Å². The number of carbonyl (C=O) groups excluding carboxylic acids is 1. The molecule has 0 unspecified atom stereocenters. The fraction of sp³-hybridized carbons (Fsp3) is 0.667. The molecule has 0 spiro atoms. The highest BCUT2D eigenvalue weighted by atomic mass is 32.2. The number of thioether (sulfide) groups is 1. The van der Waals surface area contributed by atoms with E-state index in [0.717, 1.165) is 25.9 Å². The Kier molecular flexibility index (Phi) is 6.00. The molecule has 1 saturated heterocycles. The maximum atomic E-state index is 11.4. The Labute approximate surface area is 127 Å². The summed E-state index contributed by atoms with van der Waals surface area (Å²) in [5.41, 5.74) is 2.44. The number of anilines is 2. The molecule has 1 aromatic heterocycles. The van der Waals surface area contributed by atoms with Crippen molar-refractivity contribution in [1.29, 1.82) is 0 Å². The van der Waals surface area contributed by atoms with Crippen LogP contribution in [0.2, 0.25) is 0 Å². The highest BCUT2D eigenvalue weighted by Gasteiger charge is 2.16. The fourth-order valence-corrected chi connectivity index (χ4v) is 2.66. The number of carbonyl (C=O) groups is 1. The number of hydrogen-bond donors (Lipinski definition) is 2. The molecular weight excluding hydrogens is 292 g/mol. The second-order valence-electron chi connectivity index (χ2n) is 4.53. The predicted octanol–water partition coefficient (Wildman–Crippen LogP) is 0.803. The third-order valence-corrected chi connectivity index (χ3v) is 3.82. The van der Waals surface area contributed by atoms with Gasteiger partial charge in [0.1, 0.15) is 0 Å². The summed E-state index contributed by atoms with van der Waals surface area (Å²) in [6.07, 6.45) is 3.48. The number of nitrogens with zero attached hydrogens (tertiary/aromatic N) is 4. The van der Waals surface area contributed by atoms with Gasteiger partial charge in [-0.3, -0.25) is 10.2 Å². The second-order valence-corrected chi connectivity index (χ2v) is 5.47. The van der Waals surface area contributed by atoms with Crippen molar-refractivity contribution in [2.24, 2.45) is 5.84 Å². The Morgan fingerprint density at radius 1 is 1.33 bits per heavy atom. The van der Waals surface area contributed by atoms with E-state index in [9.17, 15) is 4.79 Å². The molecule has 8 nitrogen and oxygen atoms in total. The summed E-state index contributed by atoms with van der Waals surface area (Å²) >= 11 is 1.22. The zero-order valence-electron chi connectivity index (χ0n) is 12.0. The van der Waals surface area contributed by atoms with Crippen LogP contribution in [-0.4, -0.2) is 46.4 Å². The minimum Gasteiger partial charge on any atom is -0.465 e. The van der Waals surface area contributed by atoms with Gasteiger partial charge in [-0.1, -0.05) is 11.8 Å². The number of nitrogen functional groups attached to an aromatic ring is 1. The van der Waals surface area contributed by atoms with Crippen molar-refractivity contribution in [3.8, 4) is 0 Å². The number of aromatic nitrogens is 3. The first kappa shape index (κ1) is 15.8. The lowest BCUT2D eigenvalue weighted by atomic mass is 10.1. The average Bonchev–Trinajstić information content (AvgIpc) is 2.54. The SMILES string of the molecule is CCOC(=O)CSc1nc(NN)nc(N2CCCCC2)n1. The molecule has 2 rings (SSSR count). The first-order chi connectivity index (χ1) is 10.2. The molecule has 0 radical (unpaired) electrons. The standard InChI is InChI=1S/C12H20N6O2S/c1-2-20-9(19)8-21-12-15-10(17-13)14-11(16-12)18-6-4-3-5-7-18/h2-8,13H2,1H3,(H,14,15,16,17). The van der Waals surface area contributed by atoms with Gasteiger partial charge in [0.25, 0.3) is 0 Å². The van der Waals surface area contributed by atoms with Gasteiger partial charge < -0.3 is 9.64 Å². The van der Waals surface area contributed by atoms with Crippen molar-refractivity contribution < 1.29 is 9.53 Å². The molecule has 2 heterocycles. The molecule has 0 saturated carbocycles. The topological polar surface area (TPSA) is 106 Å². The van der Waals surface area contributed by atoms with Crippen LogP contribution in [0.3, 0.4) is 0 Å². The Morgan fingerprint density at radius 2 is 2.10 bits per heavy atom. The quantitative estimate of drug-likeness (QED) is 0.341. The van der Waals surface area contributed by atoms with Crippen LogP contribution in [0, 0.1) is 0 Å². The molecule has 0 aromatic carbocycles. The van der Waals surface area contributed by atoms with Crippen molar-refractivity contribution in [1.82, 2.24) is 15.0 Å². The summed E-state index contributed by atoms with van der Waals surface area (Å²) in [6.45, 7) is 3.99. The lowest BCUT2D eigenvalue weighted by molar-refractivity contribution is -0.139. The van der Waals surface area contributed by atoms with E-state index in [1.54, 1.807) is 6.92 Å². The normalized spacial score (nSPS) is 14.9. The highest BCUT2D eigenvalue weighted by Crippen LogP contribution is 2.21. The summed E-state index contributed by atoms with van der Waals surface area (Å²) in [5.74, 6) is 6.18. The molecular formula is C12H20N6O2S. The Hall–Kier alpha value is -1.61. The van der Waals surface area contributed by atoms with Crippen LogP contribution in [0.5, 0.6) is 0 Å². The lowest BCUT2D eigenvalue weighted by Gasteiger charge is -2.26. The second kappa shape index (κ2) is 7.99. The van der Waals surface area contributed by atoms with Crippen LogP contribution < -0.4 is 16.2 Å². The van der Waals surface area contributed by atoms with Crippen LogP contribution in [0.1, 0.15) is 26.2 Å². The largest absolute Gasteiger partial charge is 0.465 e. The molecule has 0 atom stereocenters. The van der Waals surface area contributed by atoms with Gasteiger partial charge in [-0.05, 0) is 26.2 Å². The van der Waals surface area contributed by atoms with Gasteiger partial charge in [0, 0.05) is 13.1 Å². The number of ether oxygens (including phenoxy) is 1. The van der Waals surface area contributed by atoms with Crippen molar-refractivity contribution in [3.63, 3.8) is 0 Å². The molecule has 3 N–H and O–H groups in total. The molecule has 0 aliphatic carbocycles. The Balaban J connectivity index is 2.07. The summed E-state index contributed by atoms with van der Waals surface area (Å²) in [6, 6.07) is 0. The summed E-state index contributed by atoms with van der Waals surface area (Å²) in [4.78, 5) is 26.3. The number of rotatable bonds is 6. The predicted molar refractivity (Wildman–Crippen MR) is 81.1 cm³/mol. The fourth-order valence-electron chi connectivity index (χ4n) is 2.04. The van der Waals surface area contributed by atoms with Crippen LogP contribution >= 0.6 is 11.8 Å². The third-order valence-electron chi connectivity index (χ3n) is 3.00. The van der Waals surface area contributed by atoms with Crippen LogP contribution in [-0.2, 0) is 9.53 Å². The van der Waals surface area contributed by atoms with Crippen LogP contribution in [0.25, 0.3) is 0 Å². The van der Waals surface area contributed by atoms with E-state index in [2.05, 4.69) is 25.3 Å². The first-order valence-electron chi connectivity index (χ1n) is 6.99. The van der Waals surface area contributed by atoms with Gasteiger partial charge in [-0.25, -0.2) is 5.84 Å². The van der Waals surface area contributed by atoms with Gasteiger partial charge >= 0.3 is 5.97 Å². The summed E-state index contributed by atoms with van der Waals surface area (Å²) in [7, 11) is 0. The molecule has 21 heavy (non-hydrogen) atoms. The van der Waals surface area contributed by atoms with Crippen molar-refractivity contribution in [2.45, 2.75) is 31.3 Å². The molecule has 9 heteroatoms. The number of hydrazine groups is 1. The van der Waals surface area contributed by atoms with Gasteiger partial charge in [-0.2, -0.15) is 15.0 Å². The maximum Gasteiger partial charge on any atom is 0.316 e. The lowest BCUT2D eigenvalue weighted by Crippen LogP contribution is -2.31. The smallest absolute Gasteiger partial charge is 0.316 e. The molecule has 0 amide bonds. The average molecular weight is 312 g/mol. The number of esters is 1.